The molecule has 0 aliphatic rings. The molecule has 1 aromatic carbocycles. The zero-order valence-corrected chi connectivity index (χ0v) is 8.92. The van der Waals surface area contributed by atoms with Crippen LogP contribution in [0.15, 0.2) is 30.3 Å². The summed E-state index contributed by atoms with van der Waals surface area (Å²) < 4.78 is -0.837. The molecule has 0 aliphatic carbocycles. The summed E-state index contributed by atoms with van der Waals surface area (Å²) in [5.41, 5.74) is 3.00. The van der Waals surface area contributed by atoms with Crippen LogP contribution in [0.4, 0.5) is 0 Å². The predicted molar refractivity (Wildman–Crippen MR) is 59.7 cm³/mol. The highest BCUT2D eigenvalue weighted by molar-refractivity contribution is 7.82. The van der Waals surface area contributed by atoms with Crippen molar-refractivity contribution in [2.45, 2.75) is 18.1 Å². The van der Waals surface area contributed by atoms with Gasteiger partial charge in [-0.15, -0.1) is 0 Å². The second kappa shape index (κ2) is 4.48. The molecule has 1 atom stereocenters. The van der Waals surface area contributed by atoms with E-state index < -0.39 is 4.75 Å². The van der Waals surface area contributed by atoms with Crippen LogP contribution < -0.4 is 11.3 Å². The lowest BCUT2D eigenvalue weighted by Gasteiger charge is -2.25. The number of rotatable bonds is 3. The molecule has 3 N–H and O–H groups in total. The Bertz CT molecular complexity index is 315. The molecule has 76 valence electrons. The lowest BCUT2D eigenvalue weighted by atomic mass is 9.94. The van der Waals surface area contributed by atoms with Crippen LogP contribution in [-0.4, -0.2) is 5.91 Å². The number of thiol groups is 1. The molecule has 0 saturated carbocycles. The normalized spacial score (nSPS) is 14.5. The first-order valence-corrected chi connectivity index (χ1v) is 4.88. The fraction of sp³-hybridized carbons (Fsp3) is 0.300. The summed E-state index contributed by atoms with van der Waals surface area (Å²) in [6.45, 7) is 1.90. The zero-order valence-electron chi connectivity index (χ0n) is 8.03. The van der Waals surface area contributed by atoms with Crippen molar-refractivity contribution in [3.8, 4) is 0 Å². The maximum Gasteiger partial charge on any atom is 0.254 e. The van der Waals surface area contributed by atoms with E-state index in [9.17, 15) is 4.79 Å². The lowest BCUT2D eigenvalue weighted by molar-refractivity contribution is -0.123. The van der Waals surface area contributed by atoms with Crippen LogP contribution in [0.2, 0.25) is 0 Å². The molecule has 0 saturated heterocycles. The highest BCUT2D eigenvalue weighted by atomic mass is 32.1. The summed E-state index contributed by atoms with van der Waals surface area (Å²) in [4.78, 5) is 11.6. The number of hydrogen-bond acceptors (Lipinski definition) is 3. The van der Waals surface area contributed by atoms with Gasteiger partial charge in [0.1, 0.15) is 4.75 Å². The molecule has 0 heterocycles. The Balaban J connectivity index is 3.08. The molecule has 0 radical (unpaired) electrons. The van der Waals surface area contributed by atoms with Crippen molar-refractivity contribution in [3.63, 3.8) is 0 Å². The zero-order chi connectivity index (χ0) is 10.6. The monoisotopic (exact) mass is 210 g/mol. The molecule has 0 aromatic heterocycles. The number of nitrogens with two attached hydrogens (primary N) is 1. The van der Waals surface area contributed by atoms with Crippen molar-refractivity contribution >= 4 is 18.5 Å². The Hall–Kier alpha value is -1.00. The van der Waals surface area contributed by atoms with E-state index in [4.69, 9.17) is 5.84 Å². The van der Waals surface area contributed by atoms with Gasteiger partial charge in [0.25, 0.3) is 5.91 Å². The summed E-state index contributed by atoms with van der Waals surface area (Å²) in [5.74, 6) is 4.84. The standard InChI is InChI=1S/C10H14N2OS/c1-2-10(14,9(13)12-11)8-6-4-3-5-7-8/h3-7,14H,2,11H2,1H3,(H,12,13). The van der Waals surface area contributed by atoms with Gasteiger partial charge in [-0.2, -0.15) is 12.6 Å². The number of benzene rings is 1. The van der Waals surface area contributed by atoms with Crippen molar-refractivity contribution in [1.82, 2.24) is 5.43 Å². The van der Waals surface area contributed by atoms with Crippen LogP contribution in [0.5, 0.6) is 0 Å². The van der Waals surface area contributed by atoms with E-state index in [1.807, 2.05) is 37.3 Å². The second-order valence-electron chi connectivity index (χ2n) is 3.05. The largest absolute Gasteiger partial charge is 0.293 e. The van der Waals surface area contributed by atoms with Gasteiger partial charge in [0.15, 0.2) is 0 Å². The van der Waals surface area contributed by atoms with Crippen molar-refractivity contribution in [2.75, 3.05) is 0 Å². The van der Waals surface area contributed by atoms with E-state index in [0.29, 0.717) is 6.42 Å². The van der Waals surface area contributed by atoms with Crippen molar-refractivity contribution in [1.29, 1.82) is 0 Å². The van der Waals surface area contributed by atoms with E-state index >= 15 is 0 Å². The predicted octanol–water partition coefficient (Wildman–Crippen LogP) is 1.21. The van der Waals surface area contributed by atoms with Gasteiger partial charge in [-0.3, -0.25) is 10.2 Å². The van der Waals surface area contributed by atoms with Gasteiger partial charge in [-0.05, 0) is 12.0 Å². The molecule has 0 spiro atoms. The number of carbonyl (C=O) groups is 1. The van der Waals surface area contributed by atoms with Crippen LogP contribution in [0.25, 0.3) is 0 Å². The van der Waals surface area contributed by atoms with E-state index in [1.54, 1.807) is 0 Å². The van der Waals surface area contributed by atoms with Crippen molar-refractivity contribution in [2.24, 2.45) is 5.84 Å². The summed E-state index contributed by atoms with van der Waals surface area (Å²) >= 11 is 4.39. The highest BCUT2D eigenvalue weighted by Gasteiger charge is 2.33. The number of amides is 1. The minimum Gasteiger partial charge on any atom is -0.293 e. The Kier molecular flexibility index (Phi) is 3.55. The molecule has 1 rings (SSSR count). The van der Waals surface area contributed by atoms with E-state index in [2.05, 4.69) is 18.1 Å². The molecule has 3 nitrogen and oxygen atoms in total. The van der Waals surface area contributed by atoms with Crippen LogP contribution in [0.3, 0.4) is 0 Å². The fourth-order valence-electron chi connectivity index (χ4n) is 1.33. The summed E-state index contributed by atoms with van der Waals surface area (Å²) in [6.07, 6.45) is 0.586. The SMILES string of the molecule is CCC(S)(C(=O)NN)c1ccccc1. The molecule has 1 aromatic rings. The van der Waals surface area contributed by atoms with E-state index in [1.165, 1.54) is 0 Å². The third-order valence-electron chi connectivity index (χ3n) is 2.27. The molecule has 4 heteroatoms. The molecule has 1 amide bonds. The summed E-state index contributed by atoms with van der Waals surface area (Å²) in [7, 11) is 0. The number of carbonyl (C=O) groups excluding carboxylic acids is 1. The van der Waals surface area contributed by atoms with E-state index in [0.717, 1.165) is 5.56 Å². The Morgan fingerprint density at radius 2 is 2.07 bits per heavy atom. The van der Waals surface area contributed by atoms with Crippen LogP contribution in [-0.2, 0) is 9.54 Å². The minimum atomic E-state index is -0.837. The molecule has 0 bridgehead atoms. The third-order valence-corrected chi connectivity index (χ3v) is 3.05. The van der Waals surface area contributed by atoms with Gasteiger partial charge in [-0.1, -0.05) is 37.3 Å². The van der Waals surface area contributed by atoms with Gasteiger partial charge in [0, 0.05) is 0 Å². The first-order chi connectivity index (χ1) is 6.65. The lowest BCUT2D eigenvalue weighted by Crippen LogP contribution is -2.43. The summed E-state index contributed by atoms with van der Waals surface area (Å²) in [6, 6.07) is 9.38. The second-order valence-corrected chi connectivity index (χ2v) is 3.82. The molecular weight excluding hydrogens is 196 g/mol. The van der Waals surface area contributed by atoms with E-state index in [-0.39, 0.29) is 5.91 Å². The van der Waals surface area contributed by atoms with Gasteiger partial charge >= 0.3 is 0 Å². The van der Waals surface area contributed by atoms with Crippen LogP contribution in [0.1, 0.15) is 18.9 Å². The Morgan fingerprint density at radius 3 is 2.50 bits per heavy atom. The molecule has 14 heavy (non-hydrogen) atoms. The van der Waals surface area contributed by atoms with Gasteiger partial charge in [0.05, 0.1) is 0 Å². The smallest absolute Gasteiger partial charge is 0.254 e. The Morgan fingerprint density at radius 1 is 1.50 bits per heavy atom. The first kappa shape index (κ1) is 11.1. The number of nitrogens with one attached hydrogen (secondary N) is 1. The average Bonchev–Trinajstić information content (AvgIpc) is 2.28. The Labute approximate surface area is 89.1 Å². The molecule has 0 aliphatic heterocycles. The number of hydrogen-bond donors (Lipinski definition) is 3. The number of hydrazine groups is 1. The minimum absolute atomic E-state index is 0.283. The van der Waals surface area contributed by atoms with Gasteiger partial charge in [-0.25, -0.2) is 5.84 Å². The van der Waals surface area contributed by atoms with Gasteiger partial charge < -0.3 is 0 Å². The summed E-state index contributed by atoms with van der Waals surface area (Å²) in [5, 5.41) is 0. The highest BCUT2D eigenvalue weighted by Crippen LogP contribution is 2.31. The van der Waals surface area contributed by atoms with Crippen LogP contribution in [0, 0.1) is 0 Å². The van der Waals surface area contributed by atoms with Crippen molar-refractivity contribution < 1.29 is 4.79 Å². The van der Waals surface area contributed by atoms with Crippen LogP contribution >= 0.6 is 12.6 Å². The van der Waals surface area contributed by atoms with Gasteiger partial charge in [0.2, 0.25) is 0 Å². The fourth-order valence-corrected chi connectivity index (χ4v) is 1.54. The first-order valence-electron chi connectivity index (χ1n) is 4.44. The molecule has 1 unspecified atom stereocenters. The molecule has 0 fully saturated rings. The quantitative estimate of drug-likeness (QED) is 0.304. The maximum absolute atomic E-state index is 11.6. The van der Waals surface area contributed by atoms with Crippen molar-refractivity contribution in [3.05, 3.63) is 35.9 Å². The average molecular weight is 210 g/mol. The molecular formula is C10H14N2OS. The topological polar surface area (TPSA) is 55.1 Å². The maximum atomic E-state index is 11.6. The third kappa shape index (κ3) is 1.91.